The van der Waals surface area contributed by atoms with Crippen LogP contribution in [0.1, 0.15) is 5.69 Å². The number of aromatic nitrogens is 3. The number of imidazole rings is 1. The van der Waals surface area contributed by atoms with E-state index >= 15 is 0 Å². The number of rotatable bonds is 5. The van der Waals surface area contributed by atoms with Crippen molar-refractivity contribution in [3.8, 4) is 17.1 Å². The molecule has 3 aromatic heterocycles. The van der Waals surface area contributed by atoms with Gasteiger partial charge in [-0.25, -0.2) is 9.97 Å². The fourth-order valence-corrected chi connectivity index (χ4v) is 3.96. The van der Waals surface area contributed by atoms with Gasteiger partial charge in [-0.2, -0.15) is 8.78 Å². The quantitative estimate of drug-likeness (QED) is 0.520. The van der Waals surface area contributed by atoms with E-state index in [0.29, 0.717) is 5.13 Å². The second kappa shape index (κ2) is 6.41. The smallest absolute Gasteiger partial charge is 0.387 e. The van der Waals surface area contributed by atoms with Crippen LogP contribution in [0.5, 0.6) is 5.75 Å². The van der Waals surface area contributed by atoms with Crippen molar-refractivity contribution in [1.29, 1.82) is 0 Å². The number of anilines is 2. The van der Waals surface area contributed by atoms with Gasteiger partial charge in [0, 0.05) is 22.6 Å². The molecule has 1 N–H and O–H groups in total. The van der Waals surface area contributed by atoms with Crippen LogP contribution in [-0.2, 0) is 0 Å². The van der Waals surface area contributed by atoms with E-state index in [1.165, 1.54) is 23.5 Å². The van der Waals surface area contributed by atoms with Gasteiger partial charge >= 0.3 is 6.61 Å². The first kappa shape index (κ1) is 16.0. The molecule has 0 unspecified atom stereocenters. The molecular formula is C16H12F2N4OS2. The van der Waals surface area contributed by atoms with Crippen molar-refractivity contribution in [3.05, 3.63) is 46.9 Å². The largest absolute Gasteiger partial charge is 0.435 e. The maximum absolute atomic E-state index is 12.2. The Bertz CT molecular complexity index is 1010. The Morgan fingerprint density at radius 2 is 1.96 bits per heavy atom. The molecule has 0 bridgehead atoms. The van der Waals surface area contributed by atoms with Gasteiger partial charge in [0.2, 0.25) is 0 Å². The summed E-state index contributed by atoms with van der Waals surface area (Å²) in [5.41, 5.74) is 3.49. The number of aryl methyl sites for hydroxylation is 1. The Hall–Kier alpha value is -2.52. The minimum Gasteiger partial charge on any atom is -0.435 e. The first-order valence-corrected chi connectivity index (χ1v) is 9.06. The van der Waals surface area contributed by atoms with Gasteiger partial charge in [0.05, 0.1) is 11.4 Å². The Morgan fingerprint density at radius 1 is 1.16 bits per heavy atom. The molecule has 0 saturated carbocycles. The molecule has 4 rings (SSSR count). The van der Waals surface area contributed by atoms with E-state index in [2.05, 4.69) is 20.0 Å². The normalized spacial score (nSPS) is 11.4. The van der Waals surface area contributed by atoms with Crippen LogP contribution in [0.25, 0.3) is 16.3 Å². The molecule has 0 aliphatic heterocycles. The van der Waals surface area contributed by atoms with Crippen molar-refractivity contribution >= 4 is 38.5 Å². The zero-order valence-electron chi connectivity index (χ0n) is 12.9. The number of hydrogen-bond acceptors (Lipinski definition) is 6. The Labute approximate surface area is 149 Å². The van der Waals surface area contributed by atoms with Crippen molar-refractivity contribution in [2.24, 2.45) is 0 Å². The summed E-state index contributed by atoms with van der Waals surface area (Å²) in [6.07, 6.45) is 1.98. The molecule has 9 heteroatoms. The molecule has 25 heavy (non-hydrogen) atoms. The summed E-state index contributed by atoms with van der Waals surface area (Å²) in [6.45, 7) is -0.864. The number of thiazole rings is 2. The van der Waals surface area contributed by atoms with Gasteiger partial charge < -0.3 is 10.1 Å². The lowest BCUT2D eigenvalue weighted by Crippen LogP contribution is -2.01. The topological polar surface area (TPSA) is 51.5 Å². The lowest BCUT2D eigenvalue weighted by molar-refractivity contribution is -0.0498. The molecular weight excluding hydrogens is 366 g/mol. The molecule has 1 aromatic carbocycles. The molecule has 4 aromatic rings. The third-order valence-electron chi connectivity index (χ3n) is 3.51. The molecule has 0 spiro atoms. The van der Waals surface area contributed by atoms with Crippen molar-refractivity contribution < 1.29 is 13.5 Å². The van der Waals surface area contributed by atoms with Gasteiger partial charge in [-0.15, -0.1) is 22.7 Å². The summed E-state index contributed by atoms with van der Waals surface area (Å²) in [4.78, 5) is 10.1. The van der Waals surface area contributed by atoms with E-state index < -0.39 is 6.61 Å². The van der Waals surface area contributed by atoms with Gasteiger partial charge in [-0.1, -0.05) is 0 Å². The monoisotopic (exact) mass is 378 g/mol. The van der Waals surface area contributed by atoms with Gasteiger partial charge in [-0.3, -0.25) is 4.40 Å². The summed E-state index contributed by atoms with van der Waals surface area (Å²) in [5, 5.41) is 7.82. The van der Waals surface area contributed by atoms with Gasteiger partial charge in [0.15, 0.2) is 10.1 Å². The second-order valence-corrected chi connectivity index (χ2v) is 6.90. The molecule has 0 aliphatic carbocycles. The third kappa shape index (κ3) is 3.20. The number of nitrogens with one attached hydrogen (secondary N) is 1. The minimum absolute atomic E-state index is 0.120. The number of halogens is 2. The molecule has 128 valence electrons. The van der Waals surface area contributed by atoms with Crippen molar-refractivity contribution in [1.82, 2.24) is 14.4 Å². The summed E-state index contributed by atoms with van der Waals surface area (Å²) in [7, 11) is 0. The molecule has 0 amide bonds. The van der Waals surface area contributed by atoms with E-state index in [1.807, 2.05) is 28.3 Å². The highest BCUT2D eigenvalue weighted by Crippen LogP contribution is 2.31. The minimum atomic E-state index is -2.83. The maximum Gasteiger partial charge on any atom is 0.387 e. The van der Waals surface area contributed by atoms with E-state index in [-0.39, 0.29) is 5.75 Å². The highest BCUT2D eigenvalue weighted by Gasteiger charge is 2.15. The van der Waals surface area contributed by atoms with Crippen LogP contribution in [0.2, 0.25) is 0 Å². The summed E-state index contributed by atoms with van der Waals surface area (Å²) in [5.74, 6) is 0.120. The Balaban J connectivity index is 1.55. The van der Waals surface area contributed by atoms with E-state index in [1.54, 1.807) is 23.5 Å². The molecule has 0 fully saturated rings. The lowest BCUT2D eigenvalue weighted by Gasteiger charge is -2.06. The van der Waals surface area contributed by atoms with Crippen molar-refractivity contribution in [2.75, 3.05) is 5.32 Å². The zero-order chi connectivity index (χ0) is 17.4. The highest BCUT2D eigenvalue weighted by atomic mass is 32.1. The SMILES string of the molecule is Cc1nc2sccn2c1-c1csc(Nc2ccc(OC(F)F)cc2)n1. The van der Waals surface area contributed by atoms with E-state index in [4.69, 9.17) is 0 Å². The Kier molecular flexibility index (Phi) is 4.10. The van der Waals surface area contributed by atoms with E-state index in [9.17, 15) is 8.78 Å². The fourth-order valence-electron chi connectivity index (χ4n) is 2.49. The molecule has 0 radical (unpaired) electrons. The third-order valence-corrected chi connectivity index (χ3v) is 5.03. The molecule has 3 heterocycles. The van der Waals surface area contributed by atoms with Gasteiger partial charge in [0.1, 0.15) is 11.4 Å². The summed E-state index contributed by atoms with van der Waals surface area (Å²) >= 11 is 3.04. The molecule has 0 saturated heterocycles. The maximum atomic E-state index is 12.2. The van der Waals surface area contributed by atoms with Crippen LogP contribution in [0, 0.1) is 6.92 Å². The van der Waals surface area contributed by atoms with Crippen LogP contribution in [0.15, 0.2) is 41.2 Å². The highest BCUT2D eigenvalue weighted by molar-refractivity contribution is 7.15. The predicted octanol–water partition coefficient (Wildman–Crippen LogP) is 5.17. The predicted molar refractivity (Wildman–Crippen MR) is 95.3 cm³/mol. The number of benzene rings is 1. The van der Waals surface area contributed by atoms with Gasteiger partial charge in [-0.05, 0) is 31.2 Å². The van der Waals surface area contributed by atoms with Crippen LogP contribution < -0.4 is 10.1 Å². The zero-order valence-corrected chi connectivity index (χ0v) is 14.6. The summed E-state index contributed by atoms with van der Waals surface area (Å²) in [6, 6.07) is 6.30. The average molecular weight is 378 g/mol. The number of fused-ring (bicyclic) bond motifs is 1. The molecule has 0 aliphatic rings. The van der Waals surface area contributed by atoms with Crippen LogP contribution in [0.4, 0.5) is 19.6 Å². The van der Waals surface area contributed by atoms with Crippen LogP contribution in [0.3, 0.4) is 0 Å². The number of hydrogen-bond donors (Lipinski definition) is 1. The van der Waals surface area contributed by atoms with Crippen molar-refractivity contribution in [2.45, 2.75) is 13.5 Å². The Morgan fingerprint density at radius 3 is 2.72 bits per heavy atom. The lowest BCUT2D eigenvalue weighted by atomic mass is 10.3. The van der Waals surface area contributed by atoms with Crippen LogP contribution >= 0.6 is 22.7 Å². The van der Waals surface area contributed by atoms with Crippen LogP contribution in [-0.4, -0.2) is 21.0 Å². The number of ether oxygens (including phenoxy) is 1. The first-order chi connectivity index (χ1) is 12.1. The first-order valence-electron chi connectivity index (χ1n) is 7.30. The summed E-state index contributed by atoms with van der Waals surface area (Å²) < 4.78 is 30.7. The fraction of sp³-hybridized carbons (Fsp3) is 0.125. The van der Waals surface area contributed by atoms with Gasteiger partial charge in [0.25, 0.3) is 0 Å². The standard InChI is InChI=1S/C16H12F2N4OS2/c1-9-13(22-6-7-24-16(22)19-9)12-8-25-15(21-12)20-10-2-4-11(5-3-10)23-14(17)18/h2-8,14H,1H3,(H,20,21). The molecule has 5 nitrogen and oxygen atoms in total. The average Bonchev–Trinajstić information content (AvgIpc) is 3.25. The van der Waals surface area contributed by atoms with E-state index in [0.717, 1.165) is 27.7 Å². The van der Waals surface area contributed by atoms with Crippen molar-refractivity contribution in [3.63, 3.8) is 0 Å². The number of alkyl halides is 2. The number of nitrogens with zero attached hydrogens (tertiary/aromatic N) is 3. The molecule has 0 atom stereocenters. The second-order valence-electron chi connectivity index (χ2n) is 5.17.